The SMILES string of the molecule is N#Cc1ccccc1C[C@@H](NC(=O)c1cnc2ccccc2c1)C(N)=O. The van der Waals surface area contributed by atoms with Crippen LogP contribution >= 0.6 is 0 Å². The van der Waals surface area contributed by atoms with Gasteiger partial charge in [0.25, 0.3) is 5.91 Å². The van der Waals surface area contributed by atoms with E-state index in [1.807, 2.05) is 24.3 Å². The third kappa shape index (κ3) is 3.68. The van der Waals surface area contributed by atoms with Gasteiger partial charge in [-0.2, -0.15) is 5.26 Å². The molecule has 1 aromatic heterocycles. The Morgan fingerprint density at radius 2 is 1.88 bits per heavy atom. The van der Waals surface area contributed by atoms with E-state index in [1.165, 1.54) is 6.20 Å². The highest BCUT2D eigenvalue weighted by Gasteiger charge is 2.21. The van der Waals surface area contributed by atoms with Gasteiger partial charge in [0.05, 0.1) is 22.7 Å². The van der Waals surface area contributed by atoms with E-state index in [9.17, 15) is 9.59 Å². The Kier molecular flexibility index (Phi) is 4.90. The number of primary amides is 1. The van der Waals surface area contributed by atoms with E-state index in [2.05, 4.69) is 16.4 Å². The van der Waals surface area contributed by atoms with E-state index in [0.717, 1.165) is 10.9 Å². The van der Waals surface area contributed by atoms with Gasteiger partial charge < -0.3 is 11.1 Å². The molecule has 0 aliphatic heterocycles. The Morgan fingerprint density at radius 3 is 2.65 bits per heavy atom. The molecular formula is C20H16N4O2. The molecule has 0 radical (unpaired) electrons. The van der Waals surface area contributed by atoms with Crippen LogP contribution in [-0.2, 0) is 11.2 Å². The second kappa shape index (κ2) is 7.45. The lowest BCUT2D eigenvalue weighted by Gasteiger charge is -2.16. The number of carbonyl (C=O) groups excluding carboxylic acids is 2. The van der Waals surface area contributed by atoms with Crippen LogP contribution in [0.25, 0.3) is 10.9 Å². The number of rotatable bonds is 5. The molecule has 2 aromatic carbocycles. The maximum atomic E-state index is 12.5. The molecule has 3 aromatic rings. The monoisotopic (exact) mass is 344 g/mol. The molecule has 128 valence electrons. The number of pyridine rings is 1. The topological polar surface area (TPSA) is 109 Å². The van der Waals surface area contributed by atoms with E-state index >= 15 is 0 Å². The predicted octanol–water partition coefficient (Wildman–Crippen LogP) is 1.93. The second-order valence-electron chi connectivity index (χ2n) is 5.82. The highest BCUT2D eigenvalue weighted by atomic mass is 16.2. The summed E-state index contributed by atoms with van der Waals surface area (Å²) in [6, 6.07) is 17.2. The van der Waals surface area contributed by atoms with Gasteiger partial charge in [-0.15, -0.1) is 0 Å². The number of nitrogens with one attached hydrogen (secondary N) is 1. The fourth-order valence-electron chi connectivity index (χ4n) is 2.69. The van der Waals surface area contributed by atoms with Gasteiger partial charge >= 0.3 is 0 Å². The van der Waals surface area contributed by atoms with Crippen molar-refractivity contribution >= 4 is 22.7 Å². The summed E-state index contributed by atoms with van der Waals surface area (Å²) in [5, 5.41) is 12.6. The summed E-state index contributed by atoms with van der Waals surface area (Å²) in [5.41, 5.74) is 7.65. The molecule has 0 aliphatic rings. The standard InChI is InChI=1S/C20H16N4O2/c21-11-15-7-2-1-5-13(15)10-18(19(22)25)24-20(26)16-9-14-6-3-4-8-17(14)23-12-16/h1-9,12,18H,10H2,(H2,22,25)(H,24,26)/t18-/m1/s1. The third-order valence-electron chi connectivity index (χ3n) is 4.06. The van der Waals surface area contributed by atoms with E-state index in [1.54, 1.807) is 30.3 Å². The average molecular weight is 344 g/mol. The third-order valence-corrected chi connectivity index (χ3v) is 4.06. The number of nitrogens with two attached hydrogens (primary N) is 1. The maximum Gasteiger partial charge on any atom is 0.253 e. The summed E-state index contributed by atoms with van der Waals surface area (Å²) in [5.74, 6) is -1.11. The molecule has 1 atom stereocenters. The number of hydrogen-bond acceptors (Lipinski definition) is 4. The highest BCUT2D eigenvalue weighted by Crippen LogP contribution is 2.14. The molecule has 0 spiro atoms. The zero-order valence-electron chi connectivity index (χ0n) is 13.8. The summed E-state index contributed by atoms with van der Waals surface area (Å²) in [6.45, 7) is 0. The Balaban J connectivity index is 1.82. The van der Waals surface area contributed by atoms with Crippen LogP contribution in [0.2, 0.25) is 0 Å². The van der Waals surface area contributed by atoms with Crippen LogP contribution in [-0.4, -0.2) is 22.8 Å². The van der Waals surface area contributed by atoms with Crippen molar-refractivity contribution in [1.29, 1.82) is 5.26 Å². The molecule has 3 N–H and O–H groups in total. The van der Waals surface area contributed by atoms with Crippen LogP contribution in [0, 0.1) is 11.3 Å². The van der Waals surface area contributed by atoms with Crippen LogP contribution in [0.1, 0.15) is 21.5 Å². The molecule has 0 bridgehead atoms. The number of nitrogens with zero attached hydrogens (tertiary/aromatic N) is 2. The molecule has 0 unspecified atom stereocenters. The maximum absolute atomic E-state index is 12.5. The number of nitriles is 1. The normalized spacial score (nSPS) is 11.5. The molecule has 1 heterocycles. The Labute approximate surface area is 150 Å². The number of carbonyl (C=O) groups is 2. The lowest BCUT2D eigenvalue weighted by atomic mass is 10.00. The van der Waals surface area contributed by atoms with Crippen molar-refractivity contribution in [3.05, 3.63) is 77.5 Å². The predicted molar refractivity (Wildman–Crippen MR) is 97.1 cm³/mol. The first-order valence-corrected chi connectivity index (χ1v) is 8.01. The van der Waals surface area contributed by atoms with Crippen molar-refractivity contribution in [3.8, 4) is 6.07 Å². The second-order valence-corrected chi connectivity index (χ2v) is 5.82. The van der Waals surface area contributed by atoms with Crippen LogP contribution in [0.15, 0.2) is 60.8 Å². The van der Waals surface area contributed by atoms with Gasteiger partial charge in [0.1, 0.15) is 6.04 Å². The van der Waals surface area contributed by atoms with Gasteiger partial charge in [-0.3, -0.25) is 14.6 Å². The number of hydrogen-bond donors (Lipinski definition) is 2. The molecule has 0 saturated carbocycles. The summed E-state index contributed by atoms with van der Waals surface area (Å²) >= 11 is 0. The number of aromatic nitrogens is 1. The number of para-hydroxylation sites is 1. The van der Waals surface area contributed by atoms with Crippen molar-refractivity contribution in [2.45, 2.75) is 12.5 Å². The summed E-state index contributed by atoms with van der Waals surface area (Å²) in [6.07, 6.45) is 1.60. The van der Waals surface area contributed by atoms with Gasteiger partial charge in [-0.25, -0.2) is 0 Å². The van der Waals surface area contributed by atoms with E-state index < -0.39 is 17.9 Å². The zero-order valence-corrected chi connectivity index (χ0v) is 13.8. The Hall–Kier alpha value is -3.72. The highest BCUT2D eigenvalue weighted by molar-refractivity contribution is 5.99. The number of fused-ring (bicyclic) bond motifs is 1. The first kappa shape index (κ1) is 17.1. The molecule has 6 nitrogen and oxygen atoms in total. The molecule has 0 aliphatic carbocycles. The summed E-state index contributed by atoms with van der Waals surface area (Å²) in [7, 11) is 0. The fraction of sp³-hybridized carbons (Fsp3) is 0.100. The minimum absolute atomic E-state index is 0.145. The van der Waals surface area contributed by atoms with Crippen molar-refractivity contribution in [2.75, 3.05) is 0 Å². The fourth-order valence-corrected chi connectivity index (χ4v) is 2.69. The smallest absolute Gasteiger partial charge is 0.253 e. The minimum atomic E-state index is -0.927. The summed E-state index contributed by atoms with van der Waals surface area (Å²) < 4.78 is 0. The minimum Gasteiger partial charge on any atom is -0.368 e. The first-order valence-electron chi connectivity index (χ1n) is 8.01. The van der Waals surface area contributed by atoms with Gasteiger partial charge in [-0.05, 0) is 23.8 Å². The molecule has 0 saturated heterocycles. The van der Waals surface area contributed by atoms with Gasteiger partial charge in [0.2, 0.25) is 5.91 Å². The van der Waals surface area contributed by atoms with Crippen LogP contribution in [0.3, 0.4) is 0 Å². The molecule has 26 heavy (non-hydrogen) atoms. The number of benzene rings is 2. The quantitative estimate of drug-likeness (QED) is 0.737. The van der Waals surface area contributed by atoms with Crippen LogP contribution in [0.5, 0.6) is 0 Å². The summed E-state index contributed by atoms with van der Waals surface area (Å²) in [4.78, 5) is 28.6. The molecule has 6 heteroatoms. The first-order chi connectivity index (χ1) is 12.6. The number of amides is 2. The van der Waals surface area contributed by atoms with Crippen LogP contribution < -0.4 is 11.1 Å². The van der Waals surface area contributed by atoms with Crippen molar-refractivity contribution in [2.24, 2.45) is 5.73 Å². The van der Waals surface area contributed by atoms with Gasteiger partial charge in [-0.1, -0.05) is 36.4 Å². The molecule has 0 fully saturated rings. The lowest BCUT2D eigenvalue weighted by molar-refractivity contribution is -0.119. The largest absolute Gasteiger partial charge is 0.368 e. The Bertz CT molecular complexity index is 1020. The molecule has 2 amide bonds. The van der Waals surface area contributed by atoms with E-state index in [0.29, 0.717) is 16.7 Å². The average Bonchev–Trinajstić information content (AvgIpc) is 2.67. The zero-order chi connectivity index (χ0) is 18.5. The van der Waals surface area contributed by atoms with Crippen molar-refractivity contribution in [1.82, 2.24) is 10.3 Å². The molecular weight excluding hydrogens is 328 g/mol. The Morgan fingerprint density at radius 1 is 1.15 bits per heavy atom. The van der Waals surface area contributed by atoms with Gasteiger partial charge in [0.15, 0.2) is 0 Å². The van der Waals surface area contributed by atoms with Crippen molar-refractivity contribution in [3.63, 3.8) is 0 Å². The van der Waals surface area contributed by atoms with Gasteiger partial charge in [0, 0.05) is 18.0 Å². The van der Waals surface area contributed by atoms with Crippen molar-refractivity contribution < 1.29 is 9.59 Å². The molecule has 3 rings (SSSR count). The van der Waals surface area contributed by atoms with Crippen LogP contribution in [0.4, 0.5) is 0 Å². The van der Waals surface area contributed by atoms with E-state index in [-0.39, 0.29) is 6.42 Å². The lowest BCUT2D eigenvalue weighted by Crippen LogP contribution is -2.46. The van der Waals surface area contributed by atoms with E-state index in [4.69, 9.17) is 11.0 Å².